The summed E-state index contributed by atoms with van der Waals surface area (Å²) in [6, 6.07) is 5.20. The summed E-state index contributed by atoms with van der Waals surface area (Å²) in [4.78, 5) is 37.6. The molecule has 3 amide bonds. The molecule has 0 bridgehead atoms. The quantitative estimate of drug-likeness (QED) is 0.784. The van der Waals surface area contributed by atoms with Crippen molar-refractivity contribution in [3.63, 3.8) is 0 Å². The molecule has 0 aliphatic carbocycles. The highest BCUT2D eigenvalue weighted by atomic mass is 16.5. The van der Waals surface area contributed by atoms with Crippen molar-refractivity contribution >= 4 is 17.7 Å². The number of rotatable bonds is 3. The number of carbonyl (C=O) groups is 3. The standard InChI is InChI=1S/C18H21N3O4/c1-10-15(6-7-19-10)25-12-2-3-13-11(8-12)9-21(18(13)24)14-4-5-16(22)20-17(14)23/h2-3,8,10,14-15,19H,4-7,9H2,1H3,(H,20,22,23)/t10-,14?,15-/m0/s1. The predicted molar refractivity (Wildman–Crippen MR) is 89.0 cm³/mol. The number of piperidine rings is 1. The maximum Gasteiger partial charge on any atom is 0.255 e. The van der Waals surface area contributed by atoms with E-state index in [1.165, 1.54) is 0 Å². The molecule has 2 N–H and O–H groups in total. The Morgan fingerprint density at radius 3 is 2.76 bits per heavy atom. The largest absolute Gasteiger partial charge is 0.489 e. The molecule has 3 aliphatic heterocycles. The number of hydrogen-bond acceptors (Lipinski definition) is 5. The fraction of sp³-hybridized carbons (Fsp3) is 0.500. The molecule has 132 valence electrons. The highest BCUT2D eigenvalue weighted by molar-refractivity contribution is 6.05. The van der Waals surface area contributed by atoms with Crippen LogP contribution in [0.2, 0.25) is 0 Å². The summed E-state index contributed by atoms with van der Waals surface area (Å²) >= 11 is 0. The lowest BCUT2D eigenvalue weighted by molar-refractivity contribution is -0.136. The highest BCUT2D eigenvalue weighted by Gasteiger charge is 2.39. The molecule has 3 heterocycles. The van der Waals surface area contributed by atoms with Gasteiger partial charge in [-0.25, -0.2) is 0 Å². The topological polar surface area (TPSA) is 87.7 Å². The molecule has 1 aromatic carbocycles. The van der Waals surface area contributed by atoms with Gasteiger partial charge in [-0.05, 0) is 50.1 Å². The van der Waals surface area contributed by atoms with Crippen LogP contribution in [0.5, 0.6) is 5.75 Å². The lowest BCUT2D eigenvalue weighted by Crippen LogP contribution is -2.52. The first-order chi connectivity index (χ1) is 12.0. The maximum absolute atomic E-state index is 12.6. The third-order valence-corrected chi connectivity index (χ3v) is 5.24. The van der Waals surface area contributed by atoms with Gasteiger partial charge in [0.1, 0.15) is 17.9 Å². The van der Waals surface area contributed by atoms with Crippen LogP contribution in [0.3, 0.4) is 0 Å². The molecule has 0 aromatic heterocycles. The SMILES string of the molecule is C[C@@H]1NCC[C@@H]1Oc1ccc2c(c1)CN(C1CCC(=O)NC1=O)C2=O. The number of carbonyl (C=O) groups excluding carboxylic acids is 3. The molecule has 3 atom stereocenters. The van der Waals surface area contributed by atoms with E-state index in [0.717, 1.165) is 24.3 Å². The number of imide groups is 1. The maximum atomic E-state index is 12.6. The van der Waals surface area contributed by atoms with E-state index in [-0.39, 0.29) is 30.2 Å². The van der Waals surface area contributed by atoms with Crippen molar-refractivity contribution < 1.29 is 19.1 Å². The van der Waals surface area contributed by atoms with Crippen molar-refractivity contribution in [2.45, 2.75) is 50.9 Å². The third-order valence-electron chi connectivity index (χ3n) is 5.24. The van der Waals surface area contributed by atoms with Crippen LogP contribution in [0.15, 0.2) is 18.2 Å². The van der Waals surface area contributed by atoms with Crippen LogP contribution in [0.4, 0.5) is 0 Å². The minimum absolute atomic E-state index is 0.126. The van der Waals surface area contributed by atoms with Crippen molar-refractivity contribution in [1.82, 2.24) is 15.5 Å². The van der Waals surface area contributed by atoms with E-state index in [9.17, 15) is 14.4 Å². The molecule has 1 unspecified atom stereocenters. The molecule has 4 rings (SSSR count). The van der Waals surface area contributed by atoms with Crippen LogP contribution in [-0.4, -0.2) is 47.4 Å². The molecule has 7 nitrogen and oxygen atoms in total. The highest BCUT2D eigenvalue weighted by Crippen LogP contribution is 2.31. The zero-order valence-electron chi connectivity index (χ0n) is 14.1. The molecular formula is C18H21N3O4. The summed E-state index contributed by atoms with van der Waals surface area (Å²) < 4.78 is 6.05. The van der Waals surface area contributed by atoms with E-state index in [2.05, 4.69) is 17.6 Å². The van der Waals surface area contributed by atoms with Gasteiger partial charge in [-0.15, -0.1) is 0 Å². The second kappa shape index (κ2) is 6.15. The average molecular weight is 343 g/mol. The van der Waals surface area contributed by atoms with Gasteiger partial charge < -0.3 is 15.0 Å². The Balaban J connectivity index is 1.51. The third kappa shape index (κ3) is 2.89. The Labute approximate surface area is 145 Å². The number of nitrogens with zero attached hydrogens (tertiary/aromatic N) is 1. The van der Waals surface area contributed by atoms with Gasteiger partial charge in [-0.3, -0.25) is 19.7 Å². The molecule has 1 aromatic rings. The van der Waals surface area contributed by atoms with Crippen molar-refractivity contribution in [2.24, 2.45) is 0 Å². The van der Waals surface area contributed by atoms with Gasteiger partial charge in [-0.1, -0.05) is 0 Å². The van der Waals surface area contributed by atoms with E-state index in [1.807, 2.05) is 12.1 Å². The summed E-state index contributed by atoms with van der Waals surface area (Å²) in [5.41, 5.74) is 1.47. The Morgan fingerprint density at radius 1 is 1.20 bits per heavy atom. The molecule has 25 heavy (non-hydrogen) atoms. The van der Waals surface area contributed by atoms with Crippen molar-refractivity contribution in [1.29, 1.82) is 0 Å². The Bertz CT molecular complexity index is 748. The van der Waals surface area contributed by atoms with Crippen LogP contribution in [0, 0.1) is 0 Å². The van der Waals surface area contributed by atoms with Gasteiger partial charge in [0.2, 0.25) is 11.8 Å². The fourth-order valence-corrected chi connectivity index (χ4v) is 3.79. The summed E-state index contributed by atoms with van der Waals surface area (Å²) in [5.74, 6) is -0.0794. The molecule has 0 radical (unpaired) electrons. The summed E-state index contributed by atoms with van der Waals surface area (Å²) in [6.45, 7) is 3.41. The van der Waals surface area contributed by atoms with E-state index in [1.54, 1.807) is 11.0 Å². The molecule has 7 heteroatoms. The van der Waals surface area contributed by atoms with E-state index < -0.39 is 6.04 Å². The van der Waals surface area contributed by atoms with Crippen LogP contribution < -0.4 is 15.4 Å². The molecular weight excluding hydrogens is 322 g/mol. The summed E-state index contributed by atoms with van der Waals surface area (Å²) in [5, 5.41) is 5.66. The van der Waals surface area contributed by atoms with Crippen molar-refractivity contribution in [3.05, 3.63) is 29.3 Å². The first kappa shape index (κ1) is 16.1. The normalized spacial score (nSPS) is 28.9. The monoisotopic (exact) mass is 343 g/mol. The number of benzene rings is 1. The molecule has 2 fully saturated rings. The van der Waals surface area contributed by atoms with Crippen LogP contribution in [-0.2, 0) is 16.1 Å². The van der Waals surface area contributed by atoms with Gasteiger partial charge in [-0.2, -0.15) is 0 Å². The second-order valence-electron chi connectivity index (χ2n) is 6.91. The van der Waals surface area contributed by atoms with E-state index >= 15 is 0 Å². The summed E-state index contributed by atoms with van der Waals surface area (Å²) in [6.07, 6.45) is 1.72. The molecule has 0 saturated carbocycles. The Hall–Kier alpha value is -2.41. The summed E-state index contributed by atoms with van der Waals surface area (Å²) in [7, 11) is 0. The Kier molecular flexibility index (Phi) is 3.95. The average Bonchev–Trinajstić information content (AvgIpc) is 3.12. The smallest absolute Gasteiger partial charge is 0.255 e. The molecule has 2 saturated heterocycles. The van der Waals surface area contributed by atoms with Crippen LogP contribution >= 0.6 is 0 Å². The predicted octanol–water partition coefficient (Wildman–Crippen LogP) is 0.577. The molecule has 0 spiro atoms. The number of ether oxygens (including phenoxy) is 1. The Morgan fingerprint density at radius 2 is 2.04 bits per heavy atom. The fourth-order valence-electron chi connectivity index (χ4n) is 3.79. The van der Waals surface area contributed by atoms with Gasteiger partial charge in [0, 0.05) is 24.6 Å². The number of hydrogen-bond donors (Lipinski definition) is 2. The minimum atomic E-state index is -0.582. The number of nitrogens with one attached hydrogen (secondary N) is 2. The van der Waals surface area contributed by atoms with E-state index in [4.69, 9.17) is 4.74 Å². The van der Waals surface area contributed by atoms with Gasteiger partial charge in [0.15, 0.2) is 0 Å². The van der Waals surface area contributed by atoms with Crippen molar-refractivity contribution in [2.75, 3.05) is 6.54 Å². The lowest BCUT2D eigenvalue weighted by atomic mass is 10.0. The molecule has 3 aliphatic rings. The lowest BCUT2D eigenvalue weighted by Gasteiger charge is -2.29. The first-order valence-corrected chi connectivity index (χ1v) is 8.70. The van der Waals surface area contributed by atoms with Crippen LogP contribution in [0.25, 0.3) is 0 Å². The second-order valence-corrected chi connectivity index (χ2v) is 6.91. The minimum Gasteiger partial charge on any atom is -0.489 e. The van der Waals surface area contributed by atoms with E-state index in [0.29, 0.717) is 24.6 Å². The van der Waals surface area contributed by atoms with Crippen LogP contribution in [0.1, 0.15) is 42.1 Å². The zero-order chi connectivity index (χ0) is 17.6. The van der Waals surface area contributed by atoms with Gasteiger partial charge in [0.05, 0.1) is 0 Å². The van der Waals surface area contributed by atoms with Crippen molar-refractivity contribution in [3.8, 4) is 5.75 Å². The zero-order valence-corrected chi connectivity index (χ0v) is 14.1. The number of fused-ring (bicyclic) bond motifs is 1. The first-order valence-electron chi connectivity index (χ1n) is 8.70. The van der Waals surface area contributed by atoms with Gasteiger partial charge in [0.25, 0.3) is 5.91 Å². The van der Waals surface area contributed by atoms with Gasteiger partial charge >= 0.3 is 0 Å². The number of amides is 3.